The smallest absolute Gasteiger partial charge is 0.0477 e. The van der Waals surface area contributed by atoms with Gasteiger partial charge in [-0.3, -0.25) is 0 Å². The molecule has 0 saturated carbocycles. The average Bonchev–Trinajstić information content (AvgIpc) is 2.17. The molecule has 0 aliphatic heterocycles. The number of allylic oxidation sites excluding steroid dienone is 8. The molecule has 1 aliphatic rings. The maximum Gasteiger partial charge on any atom is 0.0477 e. The maximum atomic E-state index is 6.10. The van der Waals surface area contributed by atoms with Gasteiger partial charge < -0.3 is 0 Å². The summed E-state index contributed by atoms with van der Waals surface area (Å²) in [5, 5.41) is 0.694. The van der Waals surface area contributed by atoms with Crippen LogP contribution in [0.5, 0.6) is 0 Å². The fraction of sp³-hybridized carbons (Fsp3) is 0.231. The Morgan fingerprint density at radius 2 is 2.21 bits per heavy atom. The molecule has 0 aromatic heterocycles. The quantitative estimate of drug-likeness (QED) is 0.596. The van der Waals surface area contributed by atoms with E-state index < -0.39 is 0 Å². The molecular formula is C13H15Cl. The summed E-state index contributed by atoms with van der Waals surface area (Å²) in [5.41, 5.74) is 3.08. The van der Waals surface area contributed by atoms with Crippen LogP contribution in [-0.4, -0.2) is 0 Å². The molecule has 0 spiro atoms. The largest absolute Gasteiger partial charge is 0.0961 e. The van der Waals surface area contributed by atoms with Crippen LogP contribution in [0.2, 0.25) is 0 Å². The second-order valence-electron chi connectivity index (χ2n) is 3.48. The Morgan fingerprint density at radius 3 is 2.71 bits per heavy atom. The zero-order valence-corrected chi connectivity index (χ0v) is 9.27. The minimum Gasteiger partial charge on any atom is -0.0961 e. The highest BCUT2D eigenvalue weighted by Gasteiger charge is 2.07. The van der Waals surface area contributed by atoms with Gasteiger partial charge in [0, 0.05) is 5.03 Å². The van der Waals surface area contributed by atoms with Gasteiger partial charge in [-0.25, -0.2) is 0 Å². The van der Waals surface area contributed by atoms with E-state index in [1.54, 1.807) is 0 Å². The summed E-state index contributed by atoms with van der Waals surface area (Å²) >= 11 is 6.10. The van der Waals surface area contributed by atoms with Crippen LogP contribution < -0.4 is 0 Å². The fourth-order valence-corrected chi connectivity index (χ4v) is 1.62. The third-order valence-electron chi connectivity index (χ3n) is 2.06. The van der Waals surface area contributed by atoms with E-state index in [1.807, 2.05) is 13.0 Å². The summed E-state index contributed by atoms with van der Waals surface area (Å²) in [6, 6.07) is 0. The number of hydrogen-bond acceptors (Lipinski definition) is 0. The molecule has 1 aliphatic carbocycles. The fourth-order valence-electron chi connectivity index (χ4n) is 1.31. The first-order valence-corrected chi connectivity index (χ1v) is 5.07. The van der Waals surface area contributed by atoms with E-state index in [2.05, 4.69) is 31.4 Å². The van der Waals surface area contributed by atoms with Crippen LogP contribution in [0.15, 0.2) is 59.2 Å². The Hall–Kier alpha value is -1.01. The summed E-state index contributed by atoms with van der Waals surface area (Å²) in [7, 11) is 0. The first kappa shape index (κ1) is 11.1. The first-order chi connectivity index (χ1) is 6.61. The van der Waals surface area contributed by atoms with E-state index >= 15 is 0 Å². The van der Waals surface area contributed by atoms with Gasteiger partial charge in [0.1, 0.15) is 0 Å². The molecule has 0 radical (unpaired) electrons. The molecule has 1 heteroatoms. The molecule has 0 heterocycles. The summed E-state index contributed by atoms with van der Waals surface area (Å²) in [6.07, 6.45) is 10.2. The van der Waals surface area contributed by atoms with Crippen molar-refractivity contribution in [3.63, 3.8) is 0 Å². The lowest BCUT2D eigenvalue weighted by Gasteiger charge is -2.11. The van der Waals surface area contributed by atoms with Crippen molar-refractivity contribution in [3.8, 4) is 0 Å². The van der Waals surface area contributed by atoms with Crippen molar-refractivity contribution in [2.45, 2.75) is 19.8 Å². The summed E-state index contributed by atoms with van der Waals surface area (Å²) in [5.74, 6) is 0. The van der Waals surface area contributed by atoms with Crippen molar-refractivity contribution in [1.29, 1.82) is 0 Å². The van der Waals surface area contributed by atoms with Crippen molar-refractivity contribution in [2.24, 2.45) is 0 Å². The third kappa shape index (κ3) is 3.04. The highest BCUT2D eigenvalue weighted by Crippen LogP contribution is 2.27. The van der Waals surface area contributed by atoms with Crippen molar-refractivity contribution in [1.82, 2.24) is 0 Å². The molecule has 0 saturated heterocycles. The highest BCUT2D eigenvalue weighted by molar-refractivity contribution is 6.32. The minimum atomic E-state index is 0.694. The predicted octanol–water partition coefficient (Wildman–Crippen LogP) is 4.52. The van der Waals surface area contributed by atoms with Crippen LogP contribution in [0.4, 0.5) is 0 Å². The summed E-state index contributed by atoms with van der Waals surface area (Å²) in [4.78, 5) is 0. The van der Waals surface area contributed by atoms with E-state index in [0.29, 0.717) is 5.03 Å². The molecule has 0 nitrogen and oxygen atoms in total. The van der Waals surface area contributed by atoms with Crippen molar-refractivity contribution >= 4 is 11.6 Å². The van der Waals surface area contributed by atoms with Gasteiger partial charge >= 0.3 is 0 Å². The predicted molar refractivity (Wildman–Crippen MR) is 64.3 cm³/mol. The van der Waals surface area contributed by atoms with Crippen molar-refractivity contribution in [2.75, 3.05) is 0 Å². The van der Waals surface area contributed by atoms with Gasteiger partial charge in [-0.15, -0.1) is 0 Å². The van der Waals surface area contributed by atoms with E-state index in [9.17, 15) is 0 Å². The molecule has 1 rings (SSSR count). The van der Waals surface area contributed by atoms with Crippen LogP contribution >= 0.6 is 11.6 Å². The number of rotatable bonds is 3. The van der Waals surface area contributed by atoms with Crippen LogP contribution in [0.25, 0.3) is 0 Å². The lowest BCUT2D eigenvalue weighted by Crippen LogP contribution is -1.92. The molecule has 0 bridgehead atoms. The van der Waals surface area contributed by atoms with Gasteiger partial charge in [0.05, 0.1) is 0 Å². The number of halogens is 1. The van der Waals surface area contributed by atoms with Gasteiger partial charge in [0.2, 0.25) is 0 Å². The second kappa shape index (κ2) is 5.02. The maximum absolute atomic E-state index is 6.10. The normalized spacial score (nSPS) is 16.4. The average molecular weight is 207 g/mol. The van der Waals surface area contributed by atoms with Gasteiger partial charge in [-0.2, -0.15) is 0 Å². The topological polar surface area (TPSA) is 0 Å². The van der Waals surface area contributed by atoms with E-state index in [1.165, 1.54) is 5.57 Å². The van der Waals surface area contributed by atoms with Gasteiger partial charge in [0.25, 0.3) is 0 Å². The Bertz CT molecular complexity index is 340. The molecule has 0 N–H and O–H groups in total. The van der Waals surface area contributed by atoms with Gasteiger partial charge in [-0.1, -0.05) is 48.6 Å². The molecule has 0 amide bonds. The van der Waals surface area contributed by atoms with Crippen LogP contribution in [0.1, 0.15) is 19.8 Å². The Morgan fingerprint density at radius 1 is 1.50 bits per heavy atom. The second-order valence-corrected chi connectivity index (χ2v) is 3.88. The lowest BCUT2D eigenvalue weighted by atomic mass is 9.97. The molecule has 0 unspecified atom stereocenters. The molecule has 0 fully saturated rings. The van der Waals surface area contributed by atoms with Crippen LogP contribution in [0.3, 0.4) is 0 Å². The SMILES string of the molecule is C=C(C)/C=C(/Cl)C(=C)C1=CC=CCC1. The minimum absolute atomic E-state index is 0.694. The third-order valence-corrected chi connectivity index (χ3v) is 2.40. The molecule has 14 heavy (non-hydrogen) atoms. The van der Waals surface area contributed by atoms with E-state index in [-0.39, 0.29) is 0 Å². The zero-order chi connectivity index (χ0) is 10.6. The van der Waals surface area contributed by atoms with Crippen LogP contribution in [0, 0.1) is 0 Å². The highest BCUT2D eigenvalue weighted by atomic mass is 35.5. The van der Waals surface area contributed by atoms with Gasteiger partial charge in [0.15, 0.2) is 0 Å². The van der Waals surface area contributed by atoms with Crippen molar-refractivity contribution in [3.05, 3.63) is 59.2 Å². The Kier molecular flexibility index (Phi) is 3.97. The standard InChI is InChI=1S/C13H15Cl/c1-10(2)9-13(14)11(3)12-7-5-4-6-8-12/h4-5,7,9H,1,3,6,8H2,2H3/b13-9+. The molecule has 0 atom stereocenters. The van der Waals surface area contributed by atoms with E-state index in [4.69, 9.17) is 11.6 Å². The van der Waals surface area contributed by atoms with Crippen molar-refractivity contribution < 1.29 is 0 Å². The molecular weight excluding hydrogens is 192 g/mol. The molecule has 0 aromatic carbocycles. The lowest BCUT2D eigenvalue weighted by molar-refractivity contribution is 0.978. The van der Waals surface area contributed by atoms with Crippen LogP contribution in [-0.2, 0) is 0 Å². The monoisotopic (exact) mass is 206 g/mol. The number of hydrogen-bond donors (Lipinski definition) is 0. The molecule has 0 aromatic rings. The zero-order valence-electron chi connectivity index (χ0n) is 8.52. The van der Waals surface area contributed by atoms with Gasteiger partial charge in [-0.05, 0) is 37.0 Å². The Balaban J connectivity index is 2.79. The Labute approximate surface area is 91.0 Å². The molecule has 74 valence electrons. The van der Waals surface area contributed by atoms with E-state index in [0.717, 1.165) is 24.0 Å². The summed E-state index contributed by atoms with van der Waals surface area (Å²) in [6.45, 7) is 9.70. The summed E-state index contributed by atoms with van der Waals surface area (Å²) < 4.78 is 0. The first-order valence-electron chi connectivity index (χ1n) is 4.69.